The number of carboxylic acid groups (broad SMARTS) is 1. The van der Waals surface area contributed by atoms with Gasteiger partial charge < -0.3 is 19.0 Å². The van der Waals surface area contributed by atoms with Crippen LogP contribution in [-0.4, -0.2) is 18.2 Å². The Balaban J connectivity index is 1.86. The van der Waals surface area contributed by atoms with Gasteiger partial charge in [0, 0.05) is 0 Å². The van der Waals surface area contributed by atoms with E-state index in [-0.39, 0.29) is 12.2 Å². The molecule has 0 aliphatic heterocycles. The summed E-state index contributed by atoms with van der Waals surface area (Å²) in [5, 5.41) is 8.74. The molecule has 0 spiro atoms. The smallest absolute Gasteiger partial charge is 0.338 e. The molecule has 0 radical (unpaired) electrons. The molecule has 0 bridgehead atoms. The Kier molecular flexibility index (Phi) is 4.20. The van der Waals surface area contributed by atoms with E-state index in [1.54, 1.807) is 7.11 Å². The molecule has 0 amide bonds. The fourth-order valence-electron chi connectivity index (χ4n) is 1.60. The van der Waals surface area contributed by atoms with Crippen molar-refractivity contribution in [2.45, 2.75) is 13.2 Å². The third kappa shape index (κ3) is 3.59. The second-order valence-electron chi connectivity index (χ2n) is 3.95. The number of ether oxygens (including phenoxy) is 2. The molecule has 0 saturated heterocycles. The van der Waals surface area contributed by atoms with Gasteiger partial charge in [-0.15, -0.1) is 0 Å². The number of benzene rings is 1. The molecule has 2 rings (SSSR count). The maximum atomic E-state index is 10.7. The lowest BCUT2D eigenvalue weighted by Gasteiger charge is -2.04. The van der Waals surface area contributed by atoms with E-state index in [0.29, 0.717) is 12.4 Å². The van der Waals surface area contributed by atoms with Crippen molar-refractivity contribution in [3.63, 3.8) is 0 Å². The first-order valence-corrected chi connectivity index (χ1v) is 5.70. The van der Waals surface area contributed by atoms with Crippen LogP contribution in [0.15, 0.2) is 41.0 Å². The van der Waals surface area contributed by atoms with Crippen molar-refractivity contribution in [2.75, 3.05) is 7.11 Å². The highest BCUT2D eigenvalue weighted by atomic mass is 16.5. The van der Waals surface area contributed by atoms with Crippen molar-refractivity contribution in [3.05, 3.63) is 53.5 Å². The molecule has 0 saturated carbocycles. The fraction of sp³-hybridized carbons (Fsp3) is 0.214. The van der Waals surface area contributed by atoms with Gasteiger partial charge >= 0.3 is 5.97 Å². The van der Waals surface area contributed by atoms with Crippen LogP contribution in [0.5, 0.6) is 5.75 Å². The molecule has 5 heteroatoms. The van der Waals surface area contributed by atoms with E-state index in [1.165, 1.54) is 12.3 Å². The molecule has 0 unspecified atom stereocenters. The molecule has 0 aliphatic rings. The number of hydrogen-bond donors (Lipinski definition) is 1. The highest BCUT2D eigenvalue weighted by Gasteiger charge is 2.08. The van der Waals surface area contributed by atoms with E-state index < -0.39 is 5.97 Å². The van der Waals surface area contributed by atoms with E-state index in [2.05, 4.69) is 0 Å². The molecule has 0 aliphatic carbocycles. The molecular formula is C14H14O5. The Morgan fingerprint density at radius 1 is 1.32 bits per heavy atom. The van der Waals surface area contributed by atoms with Gasteiger partial charge in [-0.25, -0.2) is 4.79 Å². The quantitative estimate of drug-likeness (QED) is 0.866. The van der Waals surface area contributed by atoms with Gasteiger partial charge in [-0.1, -0.05) is 12.1 Å². The summed E-state index contributed by atoms with van der Waals surface area (Å²) in [5.74, 6) is 0.246. The number of carbonyl (C=O) groups is 1. The van der Waals surface area contributed by atoms with E-state index in [4.69, 9.17) is 19.0 Å². The second kappa shape index (κ2) is 6.06. The molecule has 5 nitrogen and oxygen atoms in total. The van der Waals surface area contributed by atoms with E-state index in [0.717, 1.165) is 11.3 Å². The number of furan rings is 1. The largest absolute Gasteiger partial charge is 0.497 e. The SMILES string of the molecule is COc1cccc(COCc2cc(C(=O)O)co2)c1. The zero-order valence-corrected chi connectivity index (χ0v) is 10.5. The van der Waals surface area contributed by atoms with Crippen LogP contribution < -0.4 is 4.74 Å². The normalized spacial score (nSPS) is 10.4. The van der Waals surface area contributed by atoms with Gasteiger partial charge in [-0.3, -0.25) is 0 Å². The average Bonchev–Trinajstić information content (AvgIpc) is 2.88. The Morgan fingerprint density at radius 2 is 2.16 bits per heavy atom. The number of methoxy groups -OCH3 is 1. The predicted molar refractivity (Wildman–Crippen MR) is 67.2 cm³/mol. The van der Waals surface area contributed by atoms with Crippen LogP contribution in [0.3, 0.4) is 0 Å². The molecule has 100 valence electrons. The van der Waals surface area contributed by atoms with Crippen molar-refractivity contribution >= 4 is 5.97 Å². The summed E-state index contributed by atoms with van der Waals surface area (Å²) in [6, 6.07) is 8.99. The molecule has 2 aromatic rings. The van der Waals surface area contributed by atoms with Crippen LogP contribution in [-0.2, 0) is 18.0 Å². The lowest BCUT2D eigenvalue weighted by Crippen LogP contribution is -1.95. The van der Waals surface area contributed by atoms with Crippen LogP contribution >= 0.6 is 0 Å². The number of carboxylic acids is 1. The van der Waals surface area contributed by atoms with Crippen LogP contribution in [0.4, 0.5) is 0 Å². The molecule has 1 heterocycles. The van der Waals surface area contributed by atoms with Gasteiger partial charge in [0.25, 0.3) is 0 Å². The van der Waals surface area contributed by atoms with Crippen molar-refractivity contribution in [1.29, 1.82) is 0 Å². The first-order chi connectivity index (χ1) is 9.19. The summed E-state index contributed by atoms with van der Waals surface area (Å²) in [5.41, 5.74) is 1.10. The predicted octanol–water partition coefficient (Wildman–Crippen LogP) is 2.70. The molecular weight excluding hydrogens is 248 g/mol. The Bertz CT molecular complexity index is 558. The van der Waals surface area contributed by atoms with E-state index >= 15 is 0 Å². The third-order valence-electron chi connectivity index (χ3n) is 2.55. The van der Waals surface area contributed by atoms with E-state index in [1.807, 2.05) is 24.3 Å². The van der Waals surface area contributed by atoms with Gasteiger partial charge in [0.1, 0.15) is 24.4 Å². The standard InChI is InChI=1S/C14H14O5/c1-17-12-4-2-3-10(5-12)7-18-9-13-6-11(8-19-13)14(15)16/h2-6,8H,7,9H2,1H3,(H,15,16). The van der Waals surface area contributed by atoms with Crippen molar-refractivity contribution in [3.8, 4) is 5.75 Å². The monoisotopic (exact) mass is 262 g/mol. The number of rotatable bonds is 6. The van der Waals surface area contributed by atoms with Crippen molar-refractivity contribution in [2.24, 2.45) is 0 Å². The molecule has 1 N–H and O–H groups in total. The maximum absolute atomic E-state index is 10.7. The van der Waals surface area contributed by atoms with Gasteiger partial charge in [0.05, 0.1) is 19.3 Å². The molecule has 1 aromatic heterocycles. The summed E-state index contributed by atoms with van der Waals surface area (Å²) < 4.78 is 15.6. The average molecular weight is 262 g/mol. The Morgan fingerprint density at radius 3 is 2.84 bits per heavy atom. The third-order valence-corrected chi connectivity index (χ3v) is 2.55. The lowest BCUT2D eigenvalue weighted by molar-refractivity contribution is 0.0696. The lowest BCUT2D eigenvalue weighted by atomic mass is 10.2. The molecule has 0 fully saturated rings. The zero-order valence-electron chi connectivity index (χ0n) is 10.5. The molecule has 0 atom stereocenters. The summed E-state index contributed by atoms with van der Waals surface area (Å²) >= 11 is 0. The van der Waals surface area contributed by atoms with Gasteiger partial charge in [0.2, 0.25) is 0 Å². The highest BCUT2D eigenvalue weighted by Crippen LogP contribution is 2.14. The minimum absolute atomic E-state index is 0.125. The Hall–Kier alpha value is -2.27. The van der Waals surface area contributed by atoms with Crippen LogP contribution in [0, 0.1) is 0 Å². The summed E-state index contributed by atoms with van der Waals surface area (Å²) in [7, 11) is 1.61. The molecule has 19 heavy (non-hydrogen) atoms. The second-order valence-corrected chi connectivity index (χ2v) is 3.95. The van der Waals surface area contributed by atoms with Crippen LogP contribution in [0.2, 0.25) is 0 Å². The summed E-state index contributed by atoms with van der Waals surface area (Å²) in [6.45, 7) is 0.630. The highest BCUT2D eigenvalue weighted by molar-refractivity contribution is 5.87. The van der Waals surface area contributed by atoms with Crippen molar-refractivity contribution < 1.29 is 23.8 Å². The summed E-state index contributed by atoms with van der Waals surface area (Å²) in [6.07, 6.45) is 1.20. The fourth-order valence-corrected chi connectivity index (χ4v) is 1.60. The Labute approximate surface area is 110 Å². The van der Waals surface area contributed by atoms with Gasteiger partial charge in [-0.2, -0.15) is 0 Å². The van der Waals surface area contributed by atoms with Crippen molar-refractivity contribution in [1.82, 2.24) is 0 Å². The first-order valence-electron chi connectivity index (χ1n) is 5.70. The number of hydrogen-bond acceptors (Lipinski definition) is 4. The minimum atomic E-state index is -1.01. The van der Waals surface area contributed by atoms with Gasteiger partial charge in [-0.05, 0) is 23.8 Å². The number of aromatic carboxylic acids is 1. The summed E-state index contributed by atoms with van der Waals surface area (Å²) in [4.78, 5) is 10.7. The zero-order chi connectivity index (χ0) is 13.7. The van der Waals surface area contributed by atoms with E-state index in [9.17, 15) is 4.79 Å². The minimum Gasteiger partial charge on any atom is -0.497 e. The van der Waals surface area contributed by atoms with Crippen LogP contribution in [0.1, 0.15) is 21.7 Å². The maximum Gasteiger partial charge on any atom is 0.338 e. The van der Waals surface area contributed by atoms with Crippen LogP contribution in [0.25, 0.3) is 0 Å². The topological polar surface area (TPSA) is 68.9 Å². The van der Waals surface area contributed by atoms with Gasteiger partial charge in [0.15, 0.2) is 0 Å². The molecule has 1 aromatic carbocycles. The first kappa shape index (κ1) is 13.2.